The number of carboxylic acids is 1. The Morgan fingerprint density at radius 2 is 0.920 bits per heavy atom. The van der Waals surface area contributed by atoms with Gasteiger partial charge in [-0.05, 0) is 131 Å². The summed E-state index contributed by atoms with van der Waals surface area (Å²) in [6.45, 7) is 14.0. The Morgan fingerprint density at radius 3 is 1.26 bits per heavy atom. The molecule has 0 aliphatic carbocycles. The van der Waals surface area contributed by atoms with E-state index >= 15 is 0 Å². The zero-order chi connectivity index (χ0) is 36.4. The smallest absolute Gasteiger partial charge is 0.414 e. The number of fused-ring (bicyclic) bond motifs is 2. The van der Waals surface area contributed by atoms with E-state index < -0.39 is 17.2 Å². The summed E-state index contributed by atoms with van der Waals surface area (Å²) in [5, 5.41) is 8.99. The monoisotopic (exact) mass is 676 g/mol. The van der Waals surface area contributed by atoms with Gasteiger partial charge in [0, 0.05) is 18.7 Å². The Labute approximate surface area is 293 Å². The fourth-order valence-electron chi connectivity index (χ4n) is 5.88. The molecule has 1 N–H and O–H groups in total. The molecule has 0 spiro atoms. The van der Waals surface area contributed by atoms with Crippen molar-refractivity contribution in [3.05, 3.63) is 107 Å². The van der Waals surface area contributed by atoms with Crippen LogP contribution in [0, 0.1) is 0 Å². The van der Waals surface area contributed by atoms with E-state index in [0.29, 0.717) is 18.7 Å². The molecule has 4 aromatic rings. The van der Waals surface area contributed by atoms with Crippen molar-refractivity contribution in [1.82, 2.24) is 0 Å². The van der Waals surface area contributed by atoms with Gasteiger partial charge in [-0.1, -0.05) is 48.5 Å². The summed E-state index contributed by atoms with van der Waals surface area (Å²) in [4.78, 5) is 50.4. The Hall–Kier alpha value is -5.44. The van der Waals surface area contributed by atoms with Crippen LogP contribution in [0.4, 0.5) is 21.0 Å². The number of hydrogen-bond acceptors (Lipinski definition) is 6. The molecule has 6 rings (SSSR count). The maximum absolute atomic E-state index is 12.4. The second-order valence-electron chi connectivity index (χ2n) is 14.5. The molecule has 0 saturated carbocycles. The average molecular weight is 677 g/mol. The first kappa shape index (κ1) is 35.9. The Bertz CT molecular complexity index is 1780. The van der Waals surface area contributed by atoms with Crippen molar-refractivity contribution in [2.75, 3.05) is 22.9 Å². The lowest BCUT2D eigenvalue weighted by Crippen LogP contribution is -2.35. The summed E-state index contributed by atoms with van der Waals surface area (Å²) in [7, 11) is 0. The molecule has 2 aliphatic heterocycles. The Kier molecular flexibility index (Phi) is 10.2. The van der Waals surface area contributed by atoms with Crippen molar-refractivity contribution < 1.29 is 33.8 Å². The number of amides is 2. The van der Waals surface area contributed by atoms with E-state index in [4.69, 9.17) is 14.6 Å². The number of hydrogen-bond donors (Lipinski definition) is 1. The van der Waals surface area contributed by atoms with Gasteiger partial charge in [0.15, 0.2) is 5.78 Å². The van der Waals surface area contributed by atoms with Crippen LogP contribution in [-0.2, 0) is 22.3 Å². The second kappa shape index (κ2) is 14.2. The van der Waals surface area contributed by atoms with E-state index in [2.05, 4.69) is 12.1 Å². The minimum atomic E-state index is -0.937. The molecule has 2 heterocycles. The van der Waals surface area contributed by atoms with E-state index in [1.165, 1.54) is 0 Å². The van der Waals surface area contributed by atoms with E-state index in [0.717, 1.165) is 57.6 Å². The lowest BCUT2D eigenvalue weighted by atomic mass is 10.00. The van der Waals surface area contributed by atoms with Crippen molar-refractivity contribution in [2.24, 2.45) is 0 Å². The van der Waals surface area contributed by atoms with Crippen molar-refractivity contribution >= 4 is 35.3 Å². The molecule has 0 unspecified atom stereocenters. The number of anilines is 2. The van der Waals surface area contributed by atoms with Crippen LogP contribution < -0.4 is 9.80 Å². The number of aromatic carboxylic acids is 1. The molecule has 0 radical (unpaired) electrons. The van der Waals surface area contributed by atoms with Crippen molar-refractivity contribution in [3.8, 4) is 22.3 Å². The molecule has 260 valence electrons. The minimum absolute atomic E-state index is 0.0634. The van der Waals surface area contributed by atoms with E-state index in [9.17, 15) is 19.2 Å². The molecular formula is C41H44N2O7. The van der Waals surface area contributed by atoms with Crippen molar-refractivity contribution in [1.29, 1.82) is 0 Å². The molecule has 9 nitrogen and oxygen atoms in total. The van der Waals surface area contributed by atoms with E-state index in [1.54, 1.807) is 41.0 Å². The van der Waals surface area contributed by atoms with Gasteiger partial charge in [-0.3, -0.25) is 14.6 Å². The second-order valence-corrected chi connectivity index (χ2v) is 14.5. The highest BCUT2D eigenvalue weighted by atomic mass is 16.6. The summed E-state index contributed by atoms with van der Waals surface area (Å²) in [6, 6.07) is 26.4. The molecule has 9 heteroatoms. The molecule has 0 bridgehead atoms. The highest BCUT2D eigenvalue weighted by Crippen LogP contribution is 2.35. The van der Waals surface area contributed by atoms with E-state index in [1.807, 2.05) is 90.1 Å². The largest absolute Gasteiger partial charge is 0.478 e. The predicted molar refractivity (Wildman–Crippen MR) is 195 cm³/mol. The highest BCUT2D eigenvalue weighted by molar-refractivity contribution is 5.95. The molecule has 0 atom stereocenters. The van der Waals surface area contributed by atoms with Crippen LogP contribution >= 0.6 is 0 Å². The Morgan fingerprint density at radius 1 is 0.560 bits per heavy atom. The van der Waals surface area contributed by atoms with Gasteiger partial charge in [0.1, 0.15) is 11.2 Å². The number of carbonyl (C=O) groups is 4. The van der Waals surface area contributed by atoms with Crippen LogP contribution in [0.15, 0.2) is 84.9 Å². The van der Waals surface area contributed by atoms with Crippen LogP contribution in [0.25, 0.3) is 22.3 Å². The van der Waals surface area contributed by atoms with Crippen LogP contribution in [0.5, 0.6) is 0 Å². The first-order valence-corrected chi connectivity index (χ1v) is 16.7. The van der Waals surface area contributed by atoms with Gasteiger partial charge in [-0.15, -0.1) is 0 Å². The summed E-state index contributed by atoms with van der Waals surface area (Å²) in [5.41, 5.74) is 8.06. The third kappa shape index (κ3) is 8.58. The number of rotatable bonds is 4. The third-order valence-electron chi connectivity index (χ3n) is 8.27. The lowest BCUT2D eigenvalue weighted by Gasteiger charge is -2.24. The fourth-order valence-corrected chi connectivity index (χ4v) is 5.88. The number of benzene rings is 4. The maximum atomic E-state index is 12.4. The maximum Gasteiger partial charge on any atom is 0.414 e. The normalized spacial score (nSPS) is 13.5. The number of ketones is 1. The molecule has 0 aromatic heterocycles. The predicted octanol–water partition coefficient (Wildman–Crippen LogP) is 9.20. The van der Waals surface area contributed by atoms with Gasteiger partial charge in [-0.2, -0.15) is 0 Å². The quantitative estimate of drug-likeness (QED) is 0.214. The first-order valence-electron chi connectivity index (χ1n) is 16.7. The number of carbonyl (C=O) groups excluding carboxylic acids is 3. The number of ether oxygens (including phenoxy) is 2. The van der Waals surface area contributed by atoms with Crippen LogP contribution in [-0.4, -0.2) is 53.3 Å². The van der Waals surface area contributed by atoms with Crippen LogP contribution in [0.3, 0.4) is 0 Å². The highest BCUT2D eigenvalue weighted by Gasteiger charge is 2.30. The molecule has 0 saturated heterocycles. The van der Waals surface area contributed by atoms with E-state index in [-0.39, 0.29) is 23.5 Å². The summed E-state index contributed by atoms with van der Waals surface area (Å²) >= 11 is 0. The summed E-state index contributed by atoms with van der Waals surface area (Å²) in [6.07, 6.45) is 0.957. The molecule has 4 aromatic carbocycles. The molecule has 2 amide bonds. The molecule has 2 aliphatic rings. The third-order valence-corrected chi connectivity index (χ3v) is 8.27. The van der Waals surface area contributed by atoms with Crippen molar-refractivity contribution in [2.45, 2.75) is 72.5 Å². The molecule has 50 heavy (non-hydrogen) atoms. The molecule has 0 fully saturated rings. The van der Waals surface area contributed by atoms with Gasteiger partial charge in [0.05, 0.1) is 16.9 Å². The number of nitrogens with zero attached hydrogens (tertiary/aromatic N) is 2. The first-order chi connectivity index (χ1) is 23.5. The van der Waals surface area contributed by atoms with Crippen LogP contribution in [0.1, 0.15) is 80.3 Å². The number of Topliss-reactive ketones (excluding diaryl/α,β-unsaturated/α-hetero) is 1. The molecular weight excluding hydrogens is 632 g/mol. The number of carboxylic acid groups (broad SMARTS) is 1. The summed E-state index contributed by atoms with van der Waals surface area (Å²) in [5.74, 6) is -0.873. The van der Waals surface area contributed by atoms with Gasteiger partial charge < -0.3 is 14.6 Å². The average Bonchev–Trinajstić information content (AvgIpc) is 3.68. The fraction of sp³-hybridized carbons (Fsp3) is 0.317. The summed E-state index contributed by atoms with van der Waals surface area (Å²) < 4.78 is 10.9. The van der Waals surface area contributed by atoms with Gasteiger partial charge in [0.2, 0.25) is 0 Å². The van der Waals surface area contributed by atoms with Crippen molar-refractivity contribution in [3.63, 3.8) is 0 Å². The zero-order valence-corrected chi connectivity index (χ0v) is 29.7. The standard InChI is InChI=1S/C21H23NO3.C20H21NO4/c1-14(23)15-5-7-16(8-6-15)17-9-10-19-18(13-17)11-12-22(19)20(24)25-21(2,3)4;1-20(2,3)25-19(24)21-11-10-16-12-15(8-9-17(16)21)13-4-6-14(7-5-13)18(22)23/h5-10,13H,11-12H2,1-4H3;4-9,12H,10-11H2,1-3H3,(H,22,23). The van der Waals surface area contributed by atoms with Gasteiger partial charge >= 0.3 is 18.2 Å². The van der Waals surface area contributed by atoms with Gasteiger partial charge in [0.25, 0.3) is 0 Å². The Balaban J connectivity index is 0.000000194. The lowest BCUT2D eigenvalue weighted by molar-refractivity contribution is 0.0573. The van der Waals surface area contributed by atoms with Crippen LogP contribution in [0.2, 0.25) is 0 Å². The minimum Gasteiger partial charge on any atom is -0.478 e. The zero-order valence-electron chi connectivity index (χ0n) is 29.7. The topological polar surface area (TPSA) is 113 Å². The SMILES string of the molecule is CC(=O)c1ccc(-c2ccc3c(c2)CCN3C(=O)OC(C)(C)C)cc1.CC(C)(C)OC(=O)N1CCc2cc(-c3ccc(C(=O)O)cc3)ccc21. The van der Waals surface area contributed by atoms with Gasteiger partial charge in [-0.25, -0.2) is 14.4 Å².